The Bertz CT molecular complexity index is 942. The summed E-state index contributed by atoms with van der Waals surface area (Å²) in [5.41, 5.74) is 2.52. The van der Waals surface area contributed by atoms with Crippen LogP contribution in [0.2, 0.25) is 0 Å². The highest BCUT2D eigenvalue weighted by Crippen LogP contribution is 2.42. The number of aromatic amines is 1. The Labute approximate surface area is 144 Å². The summed E-state index contributed by atoms with van der Waals surface area (Å²) in [6, 6.07) is 5.85. The van der Waals surface area contributed by atoms with Crippen LogP contribution in [0.3, 0.4) is 0 Å². The predicted octanol–water partition coefficient (Wildman–Crippen LogP) is 3.74. The van der Waals surface area contributed by atoms with Gasteiger partial charge in [0.05, 0.1) is 0 Å². The first-order chi connectivity index (χ1) is 11.7. The van der Waals surface area contributed by atoms with Crippen LogP contribution in [0.5, 0.6) is 0 Å². The Morgan fingerprint density at radius 2 is 2.12 bits per heavy atom. The molecule has 6 heteroatoms. The maximum absolute atomic E-state index is 12.9. The number of aromatic nitrogens is 4. The van der Waals surface area contributed by atoms with Gasteiger partial charge in [-0.15, -0.1) is 16.4 Å². The molecule has 1 aliphatic carbocycles. The number of hydrogen-bond acceptors (Lipinski definition) is 5. The minimum atomic E-state index is 0.210. The molecule has 5 nitrogen and oxygen atoms in total. The summed E-state index contributed by atoms with van der Waals surface area (Å²) in [7, 11) is 0. The van der Waals surface area contributed by atoms with E-state index in [1.807, 2.05) is 18.2 Å². The molecule has 0 amide bonds. The highest BCUT2D eigenvalue weighted by atomic mass is 32.1. The van der Waals surface area contributed by atoms with Gasteiger partial charge in [-0.1, -0.05) is 32.8 Å². The number of H-pyrrole nitrogens is 1. The van der Waals surface area contributed by atoms with Crippen LogP contribution in [0.4, 0.5) is 0 Å². The second-order valence-electron chi connectivity index (χ2n) is 6.68. The molecule has 2 heterocycles. The fourth-order valence-corrected chi connectivity index (χ4v) is 5.19. The number of benzene rings is 1. The molecule has 0 bridgehead atoms. The first-order valence-electron chi connectivity index (χ1n) is 8.48. The molecule has 0 saturated heterocycles. The first-order valence-corrected chi connectivity index (χ1v) is 9.30. The maximum Gasteiger partial charge on any atom is 0.191 e. The molecule has 0 aliphatic heterocycles. The summed E-state index contributed by atoms with van der Waals surface area (Å²) >= 11 is 1.77. The largest absolute Gasteiger partial charge is 0.289 e. The zero-order chi connectivity index (χ0) is 16.7. The van der Waals surface area contributed by atoms with Crippen molar-refractivity contribution in [2.75, 3.05) is 0 Å². The summed E-state index contributed by atoms with van der Waals surface area (Å²) in [4.78, 5) is 14.2. The second-order valence-corrected chi connectivity index (χ2v) is 7.81. The van der Waals surface area contributed by atoms with Crippen molar-refractivity contribution in [3.63, 3.8) is 0 Å². The standard InChI is InChI=1S/C18H20N4OS/c1-3-18(4-2)8-7-13-15(10-18)24-14-9-11(17-19-21-22-20-17)5-6-12(14)16(13)23/h5-6,9H,3-4,7-8,10H2,1-2H3,(H,19,20,21,22). The molecule has 0 atom stereocenters. The molecule has 3 aromatic rings. The van der Waals surface area contributed by atoms with Crippen LogP contribution in [0, 0.1) is 5.41 Å². The Kier molecular flexibility index (Phi) is 3.72. The van der Waals surface area contributed by atoms with Gasteiger partial charge >= 0.3 is 0 Å². The third-order valence-electron chi connectivity index (χ3n) is 5.63. The van der Waals surface area contributed by atoms with Crippen LogP contribution in [-0.4, -0.2) is 20.6 Å². The minimum absolute atomic E-state index is 0.210. The number of nitrogens with zero attached hydrogens (tertiary/aromatic N) is 3. The van der Waals surface area contributed by atoms with Crippen LogP contribution < -0.4 is 5.43 Å². The van der Waals surface area contributed by atoms with Crippen molar-refractivity contribution in [1.29, 1.82) is 0 Å². The van der Waals surface area contributed by atoms with E-state index < -0.39 is 0 Å². The highest BCUT2D eigenvalue weighted by Gasteiger charge is 2.33. The van der Waals surface area contributed by atoms with Crippen LogP contribution in [-0.2, 0) is 12.8 Å². The van der Waals surface area contributed by atoms with Gasteiger partial charge < -0.3 is 0 Å². The lowest BCUT2D eigenvalue weighted by Gasteiger charge is -2.36. The molecular weight excluding hydrogens is 320 g/mol. The van der Waals surface area contributed by atoms with E-state index in [2.05, 4.69) is 34.5 Å². The van der Waals surface area contributed by atoms with Crippen LogP contribution >= 0.6 is 11.3 Å². The summed E-state index contributed by atoms with van der Waals surface area (Å²) < 4.78 is 1.02. The van der Waals surface area contributed by atoms with E-state index in [0.29, 0.717) is 11.2 Å². The molecule has 0 unspecified atom stereocenters. The summed E-state index contributed by atoms with van der Waals surface area (Å²) in [6.07, 6.45) is 5.41. The van der Waals surface area contributed by atoms with Crippen molar-refractivity contribution in [3.8, 4) is 11.4 Å². The third kappa shape index (κ3) is 2.36. The van der Waals surface area contributed by atoms with Crippen LogP contribution in [0.1, 0.15) is 43.6 Å². The summed E-state index contributed by atoms with van der Waals surface area (Å²) in [6.45, 7) is 4.54. The second kappa shape index (κ2) is 5.77. The topological polar surface area (TPSA) is 71.5 Å². The van der Waals surface area contributed by atoms with E-state index in [9.17, 15) is 4.79 Å². The maximum atomic E-state index is 12.9. The number of hydrogen-bond donors (Lipinski definition) is 1. The van der Waals surface area contributed by atoms with Gasteiger partial charge in [0.25, 0.3) is 0 Å². The first kappa shape index (κ1) is 15.4. The van der Waals surface area contributed by atoms with Gasteiger partial charge in [0.2, 0.25) is 0 Å². The van der Waals surface area contributed by atoms with Crippen LogP contribution in [0.25, 0.3) is 21.5 Å². The molecule has 0 saturated carbocycles. The Morgan fingerprint density at radius 1 is 1.29 bits per heavy atom. The van der Waals surface area contributed by atoms with Crippen molar-refractivity contribution < 1.29 is 0 Å². The smallest absolute Gasteiger partial charge is 0.191 e. The highest BCUT2D eigenvalue weighted by molar-refractivity contribution is 7.18. The lowest BCUT2D eigenvalue weighted by molar-refractivity contribution is 0.226. The Morgan fingerprint density at radius 3 is 2.83 bits per heavy atom. The lowest BCUT2D eigenvalue weighted by Crippen LogP contribution is -2.30. The van der Waals surface area contributed by atoms with E-state index >= 15 is 0 Å². The van der Waals surface area contributed by atoms with Crippen molar-refractivity contribution in [1.82, 2.24) is 20.6 Å². The average molecular weight is 340 g/mol. The molecule has 1 aromatic carbocycles. The number of nitrogens with one attached hydrogen (secondary N) is 1. The zero-order valence-electron chi connectivity index (χ0n) is 13.9. The fraction of sp³-hybridized carbons (Fsp3) is 0.444. The van der Waals surface area contributed by atoms with Gasteiger partial charge in [0.1, 0.15) is 0 Å². The monoisotopic (exact) mass is 340 g/mol. The van der Waals surface area contributed by atoms with Gasteiger partial charge in [-0.25, -0.2) is 5.10 Å². The molecule has 124 valence electrons. The molecular formula is C18H20N4OS. The molecule has 4 rings (SSSR count). The molecule has 1 N–H and O–H groups in total. The SMILES string of the molecule is CCC1(CC)CCc2c(sc3cc(-c4nnn[nH]4)ccc3c2=O)C1. The lowest BCUT2D eigenvalue weighted by atomic mass is 9.70. The van der Waals surface area contributed by atoms with Gasteiger partial charge in [-0.3, -0.25) is 4.79 Å². The predicted molar refractivity (Wildman–Crippen MR) is 96.3 cm³/mol. The molecule has 1 aliphatic rings. The van der Waals surface area contributed by atoms with Gasteiger partial charge in [0.15, 0.2) is 11.3 Å². The van der Waals surface area contributed by atoms with Crippen molar-refractivity contribution in [3.05, 3.63) is 38.9 Å². The fourth-order valence-electron chi connectivity index (χ4n) is 3.78. The Balaban J connectivity index is 1.87. The van der Waals surface area contributed by atoms with Crippen LogP contribution in [0.15, 0.2) is 23.0 Å². The molecule has 24 heavy (non-hydrogen) atoms. The van der Waals surface area contributed by atoms with Gasteiger partial charge in [0, 0.05) is 26.1 Å². The third-order valence-corrected chi connectivity index (χ3v) is 6.82. The number of fused-ring (bicyclic) bond motifs is 2. The van der Waals surface area contributed by atoms with E-state index in [0.717, 1.165) is 40.5 Å². The van der Waals surface area contributed by atoms with E-state index in [4.69, 9.17) is 0 Å². The van der Waals surface area contributed by atoms with Gasteiger partial charge in [-0.2, -0.15) is 0 Å². The average Bonchev–Trinajstić information content (AvgIpc) is 3.15. The minimum Gasteiger partial charge on any atom is -0.289 e. The molecule has 2 aromatic heterocycles. The molecule has 0 spiro atoms. The number of tetrazole rings is 1. The summed E-state index contributed by atoms with van der Waals surface area (Å²) in [5.74, 6) is 0.630. The van der Waals surface area contributed by atoms with Crippen molar-refractivity contribution >= 4 is 21.4 Å². The van der Waals surface area contributed by atoms with Gasteiger partial charge in [-0.05, 0) is 47.2 Å². The molecule has 0 radical (unpaired) electrons. The van der Waals surface area contributed by atoms with Crippen molar-refractivity contribution in [2.24, 2.45) is 5.41 Å². The normalized spacial score (nSPS) is 16.2. The van der Waals surface area contributed by atoms with Crippen molar-refractivity contribution in [2.45, 2.75) is 46.0 Å². The quantitative estimate of drug-likeness (QED) is 0.788. The Hall–Kier alpha value is -2.08. The van der Waals surface area contributed by atoms with E-state index in [1.165, 1.54) is 17.7 Å². The number of rotatable bonds is 3. The van der Waals surface area contributed by atoms with E-state index in [1.54, 1.807) is 11.3 Å². The zero-order valence-corrected chi connectivity index (χ0v) is 14.7. The van der Waals surface area contributed by atoms with E-state index in [-0.39, 0.29) is 5.43 Å². The molecule has 0 fully saturated rings. The summed E-state index contributed by atoms with van der Waals surface area (Å²) in [5, 5.41) is 14.8.